The molecule has 3 heteroatoms. The van der Waals surface area contributed by atoms with Gasteiger partial charge < -0.3 is 10.6 Å². The standard InChI is InChI=1S/C11H20N2O/c1-2-3-10(12)11(14)13-7-8-4-5-9(13)6-8/h8-10H,2-7,12H2,1H3/t8?,9?,10-/m1/s1. The lowest BCUT2D eigenvalue weighted by Crippen LogP contribution is -2.47. The normalized spacial score (nSPS) is 32.3. The van der Waals surface area contributed by atoms with Gasteiger partial charge in [-0.05, 0) is 31.6 Å². The molecular weight excluding hydrogens is 176 g/mol. The summed E-state index contributed by atoms with van der Waals surface area (Å²) < 4.78 is 0. The van der Waals surface area contributed by atoms with Gasteiger partial charge in [-0.2, -0.15) is 0 Å². The maximum Gasteiger partial charge on any atom is 0.239 e. The Hall–Kier alpha value is -0.570. The Morgan fingerprint density at radius 2 is 2.36 bits per heavy atom. The maximum atomic E-state index is 11.9. The minimum Gasteiger partial charge on any atom is -0.338 e. The lowest BCUT2D eigenvalue weighted by atomic mass is 10.1. The number of hydrogen-bond donors (Lipinski definition) is 1. The van der Waals surface area contributed by atoms with Crippen molar-refractivity contribution < 1.29 is 4.79 Å². The molecule has 1 saturated heterocycles. The van der Waals surface area contributed by atoms with Gasteiger partial charge in [-0.3, -0.25) is 4.79 Å². The summed E-state index contributed by atoms with van der Waals surface area (Å²) in [7, 11) is 0. The van der Waals surface area contributed by atoms with Crippen LogP contribution in [0.4, 0.5) is 0 Å². The largest absolute Gasteiger partial charge is 0.338 e. The highest BCUT2D eigenvalue weighted by Gasteiger charge is 2.41. The van der Waals surface area contributed by atoms with E-state index in [1.54, 1.807) is 0 Å². The first-order chi connectivity index (χ1) is 6.72. The van der Waals surface area contributed by atoms with Crippen molar-refractivity contribution in [1.29, 1.82) is 0 Å². The minimum atomic E-state index is -0.251. The summed E-state index contributed by atoms with van der Waals surface area (Å²) in [6, 6.07) is 0.273. The average molecular weight is 196 g/mol. The maximum absolute atomic E-state index is 11.9. The van der Waals surface area contributed by atoms with Crippen molar-refractivity contribution in [2.75, 3.05) is 6.54 Å². The van der Waals surface area contributed by atoms with Crippen molar-refractivity contribution in [1.82, 2.24) is 4.90 Å². The Morgan fingerprint density at radius 1 is 1.57 bits per heavy atom. The number of fused-ring (bicyclic) bond motifs is 2. The molecule has 2 aliphatic rings. The van der Waals surface area contributed by atoms with Crippen molar-refractivity contribution in [3.63, 3.8) is 0 Å². The zero-order chi connectivity index (χ0) is 10.1. The Balaban J connectivity index is 1.92. The van der Waals surface area contributed by atoms with E-state index in [2.05, 4.69) is 6.92 Å². The van der Waals surface area contributed by atoms with Crippen LogP contribution in [-0.2, 0) is 4.79 Å². The van der Waals surface area contributed by atoms with Gasteiger partial charge in [0.25, 0.3) is 0 Å². The predicted octanol–water partition coefficient (Wildman–Crippen LogP) is 1.12. The van der Waals surface area contributed by atoms with Gasteiger partial charge in [-0.1, -0.05) is 13.3 Å². The number of piperidine rings is 1. The summed E-state index contributed by atoms with van der Waals surface area (Å²) in [6.07, 6.45) is 5.57. The highest BCUT2D eigenvalue weighted by atomic mass is 16.2. The molecule has 0 spiro atoms. The van der Waals surface area contributed by atoms with Crippen molar-refractivity contribution >= 4 is 5.91 Å². The molecule has 2 bridgehead atoms. The summed E-state index contributed by atoms with van der Waals surface area (Å²) in [4.78, 5) is 14.0. The predicted molar refractivity (Wildman–Crippen MR) is 55.7 cm³/mol. The Morgan fingerprint density at radius 3 is 2.86 bits per heavy atom. The molecule has 80 valence electrons. The second-order valence-corrected chi connectivity index (χ2v) is 4.72. The van der Waals surface area contributed by atoms with E-state index >= 15 is 0 Å². The fraction of sp³-hybridized carbons (Fsp3) is 0.909. The second kappa shape index (κ2) is 3.89. The minimum absolute atomic E-state index is 0.194. The van der Waals surface area contributed by atoms with E-state index in [1.165, 1.54) is 19.3 Å². The quantitative estimate of drug-likeness (QED) is 0.735. The molecule has 2 fully saturated rings. The summed E-state index contributed by atoms with van der Waals surface area (Å²) >= 11 is 0. The number of likely N-dealkylation sites (tertiary alicyclic amines) is 1. The van der Waals surface area contributed by atoms with Gasteiger partial charge in [0, 0.05) is 12.6 Å². The Labute approximate surface area is 85.6 Å². The summed E-state index contributed by atoms with van der Waals surface area (Å²) in [5, 5.41) is 0. The smallest absolute Gasteiger partial charge is 0.239 e. The van der Waals surface area contributed by atoms with E-state index in [1.807, 2.05) is 4.90 Å². The van der Waals surface area contributed by atoms with Crippen molar-refractivity contribution in [2.45, 2.75) is 51.1 Å². The summed E-state index contributed by atoms with van der Waals surface area (Å²) in [5.74, 6) is 0.969. The lowest BCUT2D eigenvalue weighted by molar-refractivity contribution is -0.134. The molecule has 0 aromatic heterocycles. The molecule has 0 aromatic carbocycles. The van der Waals surface area contributed by atoms with E-state index in [4.69, 9.17) is 5.73 Å². The molecule has 1 aliphatic carbocycles. The van der Waals surface area contributed by atoms with Gasteiger partial charge in [-0.15, -0.1) is 0 Å². The van der Waals surface area contributed by atoms with Gasteiger partial charge in [0.2, 0.25) is 5.91 Å². The van der Waals surface area contributed by atoms with Crippen LogP contribution in [0.2, 0.25) is 0 Å². The number of hydrogen-bond acceptors (Lipinski definition) is 2. The lowest BCUT2D eigenvalue weighted by Gasteiger charge is -2.29. The van der Waals surface area contributed by atoms with E-state index in [0.29, 0.717) is 6.04 Å². The second-order valence-electron chi connectivity index (χ2n) is 4.72. The SMILES string of the molecule is CCC[C@@H](N)C(=O)N1CC2CCC1C2. The van der Waals surface area contributed by atoms with Crippen LogP contribution in [0.15, 0.2) is 0 Å². The van der Waals surface area contributed by atoms with Crippen molar-refractivity contribution in [2.24, 2.45) is 11.7 Å². The van der Waals surface area contributed by atoms with Crippen LogP contribution in [0.1, 0.15) is 39.0 Å². The number of carbonyl (C=O) groups excluding carboxylic acids is 1. The van der Waals surface area contributed by atoms with Crippen LogP contribution in [0.3, 0.4) is 0 Å². The van der Waals surface area contributed by atoms with Crippen LogP contribution in [0.5, 0.6) is 0 Å². The molecule has 1 saturated carbocycles. The molecule has 3 atom stereocenters. The Bertz CT molecular complexity index is 229. The molecule has 0 aromatic rings. The number of rotatable bonds is 3. The van der Waals surface area contributed by atoms with Crippen molar-refractivity contribution in [3.8, 4) is 0 Å². The van der Waals surface area contributed by atoms with Gasteiger partial charge >= 0.3 is 0 Å². The van der Waals surface area contributed by atoms with Gasteiger partial charge in [0.1, 0.15) is 0 Å². The van der Waals surface area contributed by atoms with E-state index in [0.717, 1.165) is 25.3 Å². The molecule has 1 heterocycles. The zero-order valence-corrected chi connectivity index (χ0v) is 8.91. The molecular formula is C11H20N2O. The van der Waals surface area contributed by atoms with Crippen LogP contribution in [-0.4, -0.2) is 29.4 Å². The van der Waals surface area contributed by atoms with Gasteiger partial charge in [0.15, 0.2) is 0 Å². The van der Waals surface area contributed by atoms with Gasteiger partial charge in [0.05, 0.1) is 6.04 Å². The highest BCUT2D eigenvalue weighted by Crippen LogP contribution is 2.37. The molecule has 0 radical (unpaired) electrons. The molecule has 2 N–H and O–H groups in total. The molecule has 2 unspecified atom stereocenters. The number of nitrogens with two attached hydrogens (primary N) is 1. The first-order valence-corrected chi connectivity index (χ1v) is 5.78. The monoisotopic (exact) mass is 196 g/mol. The third-order valence-corrected chi connectivity index (χ3v) is 3.61. The fourth-order valence-electron chi connectivity index (χ4n) is 2.84. The summed E-state index contributed by atoms with van der Waals surface area (Å²) in [6.45, 7) is 3.05. The zero-order valence-electron chi connectivity index (χ0n) is 8.91. The molecule has 14 heavy (non-hydrogen) atoms. The van der Waals surface area contributed by atoms with E-state index < -0.39 is 0 Å². The van der Waals surface area contributed by atoms with Gasteiger partial charge in [-0.25, -0.2) is 0 Å². The number of amides is 1. The third-order valence-electron chi connectivity index (χ3n) is 3.61. The van der Waals surface area contributed by atoms with Crippen molar-refractivity contribution in [3.05, 3.63) is 0 Å². The van der Waals surface area contributed by atoms with E-state index in [9.17, 15) is 4.79 Å². The van der Waals surface area contributed by atoms with Crippen LogP contribution >= 0.6 is 0 Å². The topological polar surface area (TPSA) is 46.3 Å². The van der Waals surface area contributed by atoms with Crippen LogP contribution < -0.4 is 5.73 Å². The number of carbonyl (C=O) groups is 1. The Kier molecular flexibility index (Phi) is 2.77. The number of nitrogens with zero attached hydrogens (tertiary/aromatic N) is 1. The molecule has 1 aliphatic heterocycles. The average Bonchev–Trinajstić information content (AvgIpc) is 2.77. The highest BCUT2D eigenvalue weighted by molar-refractivity contribution is 5.82. The van der Waals surface area contributed by atoms with E-state index in [-0.39, 0.29) is 11.9 Å². The first kappa shape index (κ1) is 9.97. The van der Waals surface area contributed by atoms with Crippen LogP contribution in [0.25, 0.3) is 0 Å². The molecule has 2 rings (SSSR count). The fourth-order valence-corrected chi connectivity index (χ4v) is 2.84. The first-order valence-electron chi connectivity index (χ1n) is 5.78. The summed E-state index contributed by atoms with van der Waals surface area (Å²) in [5.41, 5.74) is 5.85. The molecule has 1 amide bonds. The molecule has 3 nitrogen and oxygen atoms in total. The third kappa shape index (κ3) is 1.65. The van der Waals surface area contributed by atoms with Crippen LogP contribution in [0, 0.1) is 5.92 Å².